The molecule has 1 aliphatic rings. The second-order valence-electron chi connectivity index (χ2n) is 1.87. The first-order valence-corrected chi connectivity index (χ1v) is 2.63. The molecule has 0 aliphatic heterocycles. The summed E-state index contributed by atoms with van der Waals surface area (Å²) in [6, 6.07) is 0. The summed E-state index contributed by atoms with van der Waals surface area (Å²) in [4.78, 5) is 0. The first kappa shape index (κ1) is 8.47. The summed E-state index contributed by atoms with van der Waals surface area (Å²) in [5.74, 6) is 0. The van der Waals surface area contributed by atoms with Crippen molar-refractivity contribution < 1.29 is 5.21 Å². The van der Waals surface area contributed by atoms with Crippen molar-refractivity contribution in [1.29, 1.82) is 0 Å². The van der Waals surface area contributed by atoms with Gasteiger partial charge in [-0.15, -0.1) is 0 Å². The van der Waals surface area contributed by atoms with Gasteiger partial charge >= 0.3 is 0 Å². The van der Waals surface area contributed by atoms with E-state index in [0.717, 1.165) is 18.6 Å². The second-order valence-corrected chi connectivity index (χ2v) is 1.87. The molecule has 0 aromatic carbocycles. The quantitative estimate of drug-likeness (QED) is 0.290. The van der Waals surface area contributed by atoms with Gasteiger partial charge < -0.3 is 5.21 Å². The van der Waals surface area contributed by atoms with E-state index in [1.165, 1.54) is 12.8 Å². The van der Waals surface area contributed by atoms with Crippen molar-refractivity contribution in [3.63, 3.8) is 0 Å². The smallest absolute Gasteiger partial charge is 0.0570 e. The molecule has 2 nitrogen and oxygen atoms in total. The molecule has 1 aliphatic carbocycles. The average Bonchev–Trinajstić information content (AvgIpc) is 2.14. The molecular weight excluding hydrogens is 113 g/mol. The minimum atomic E-state index is 0. The van der Waals surface area contributed by atoms with E-state index in [1.807, 2.05) is 0 Å². The maximum atomic E-state index is 8.15. The van der Waals surface area contributed by atoms with Crippen LogP contribution < -0.4 is 0 Å². The van der Waals surface area contributed by atoms with Crippen molar-refractivity contribution in [1.82, 2.24) is 0 Å². The molecule has 0 atom stereocenters. The van der Waals surface area contributed by atoms with Crippen molar-refractivity contribution in [2.45, 2.75) is 25.7 Å². The van der Waals surface area contributed by atoms with Gasteiger partial charge in [-0.1, -0.05) is 5.16 Å². The zero-order valence-electron chi connectivity index (χ0n) is 5.22. The van der Waals surface area contributed by atoms with Gasteiger partial charge in [0.1, 0.15) is 0 Å². The van der Waals surface area contributed by atoms with Crippen LogP contribution in [-0.4, -0.2) is 40.5 Å². The number of oxime groups is 1. The third-order valence-electron chi connectivity index (χ3n) is 1.32. The van der Waals surface area contributed by atoms with Crippen LogP contribution in [0, 0.1) is 0 Å². The van der Waals surface area contributed by atoms with Crippen LogP contribution in [0.4, 0.5) is 0 Å². The molecule has 3 heteroatoms. The Labute approximate surface area is 71.3 Å². The SMILES string of the molecule is ON=C1CCCC1.[Na]. The topological polar surface area (TPSA) is 32.6 Å². The molecule has 0 aromatic rings. The Bertz CT molecular complexity index is 84.4. The van der Waals surface area contributed by atoms with E-state index in [9.17, 15) is 0 Å². The molecule has 0 bridgehead atoms. The van der Waals surface area contributed by atoms with Gasteiger partial charge in [-0.2, -0.15) is 0 Å². The normalized spacial score (nSPS) is 17.8. The Hall–Kier alpha value is 0.470. The van der Waals surface area contributed by atoms with E-state index in [1.54, 1.807) is 0 Å². The molecule has 0 saturated heterocycles. The zero-order chi connectivity index (χ0) is 5.11. The van der Waals surface area contributed by atoms with E-state index >= 15 is 0 Å². The Kier molecular flexibility index (Phi) is 4.61. The number of rotatable bonds is 0. The second kappa shape index (κ2) is 4.36. The summed E-state index contributed by atoms with van der Waals surface area (Å²) in [5.41, 5.74) is 0.972. The van der Waals surface area contributed by atoms with Gasteiger partial charge in [-0.3, -0.25) is 0 Å². The molecule has 0 unspecified atom stereocenters. The fourth-order valence-corrected chi connectivity index (χ4v) is 0.883. The Morgan fingerprint density at radius 1 is 1.25 bits per heavy atom. The summed E-state index contributed by atoms with van der Waals surface area (Å²) < 4.78 is 0. The molecule has 1 saturated carbocycles. The third-order valence-corrected chi connectivity index (χ3v) is 1.32. The van der Waals surface area contributed by atoms with E-state index in [4.69, 9.17) is 5.21 Å². The Morgan fingerprint density at radius 2 is 1.75 bits per heavy atom. The summed E-state index contributed by atoms with van der Waals surface area (Å²) >= 11 is 0. The molecule has 0 spiro atoms. The third kappa shape index (κ3) is 2.16. The molecule has 1 rings (SSSR count). The molecule has 0 amide bonds. The van der Waals surface area contributed by atoms with Crippen LogP contribution >= 0.6 is 0 Å². The monoisotopic (exact) mass is 122 g/mol. The molecule has 1 N–H and O–H groups in total. The van der Waals surface area contributed by atoms with Crippen LogP contribution in [0.5, 0.6) is 0 Å². The predicted octanol–water partition coefficient (Wildman–Crippen LogP) is 1.01. The van der Waals surface area contributed by atoms with Gasteiger partial charge in [0.15, 0.2) is 0 Å². The van der Waals surface area contributed by atoms with E-state index in [0.29, 0.717) is 0 Å². The van der Waals surface area contributed by atoms with Crippen LogP contribution in [0.1, 0.15) is 25.7 Å². The van der Waals surface area contributed by atoms with Gasteiger partial charge in [0.25, 0.3) is 0 Å². The molecule has 41 valence electrons. The van der Waals surface area contributed by atoms with Crippen LogP contribution in [-0.2, 0) is 0 Å². The first-order chi connectivity index (χ1) is 3.43. The molecule has 0 aromatic heterocycles. The fourth-order valence-electron chi connectivity index (χ4n) is 0.883. The van der Waals surface area contributed by atoms with Crippen molar-refractivity contribution in [3.8, 4) is 0 Å². The predicted molar refractivity (Wildman–Crippen MR) is 33.4 cm³/mol. The fraction of sp³-hybridized carbons (Fsp3) is 0.800. The van der Waals surface area contributed by atoms with Gasteiger partial charge in [0.2, 0.25) is 0 Å². The van der Waals surface area contributed by atoms with Crippen molar-refractivity contribution in [2.75, 3.05) is 0 Å². The van der Waals surface area contributed by atoms with Gasteiger partial charge in [0, 0.05) is 29.6 Å². The van der Waals surface area contributed by atoms with Gasteiger partial charge in [-0.25, -0.2) is 0 Å². The minimum absolute atomic E-state index is 0. The van der Waals surface area contributed by atoms with E-state index in [-0.39, 0.29) is 29.6 Å². The summed E-state index contributed by atoms with van der Waals surface area (Å²) in [5, 5.41) is 11.3. The molecular formula is C5H9NNaO. The maximum Gasteiger partial charge on any atom is 0.0570 e. The van der Waals surface area contributed by atoms with Crippen LogP contribution in [0.3, 0.4) is 0 Å². The van der Waals surface area contributed by atoms with Crippen molar-refractivity contribution in [2.24, 2.45) is 5.16 Å². The van der Waals surface area contributed by atoms with Crippen LogP contribution in [0.25, 0.3) is 0 Å². The van der Waals surface area contributed by atoms with Gasteiger partial charge in [-0.05, 0) is 25.7 Å². The number of nitrogens with zero attached hydrogens (tertiary/aromatic N) is 1. The average molecular weight is 122 g/mol. The maximum absolute atomic E-state index is 8.15. The van der Waals surface area contributed by atoms with Crippen molar-refractivity contribution >= 4 is 35.3 Å². The van der Waals surface area contributed by atoms with E-state index in [2.05, 4.69) is 5.16 Å². The largest absolute Gasteiger partial charge is 0.411 e. The zero-order valence-corrected chi connectivity index (χ0v) is 7.22. The molecule has 0 heterocycles. The number of hydrogen-bond acceptors (Lipinski definition) is 2. The standard InChI is InChI=1S/C5H9NO.Na/c7-6-5-3-1-2-4-5;/h7H,1-4H2;. The summed E-state index contributed by atoms with van der Waals surface area (Å²) in [6.07, 6.45) is 4.44. The minimum Gasteiger partial charge on any atom is -0.411 e. The van der Waals surface area contributed by atoms with Crippen LogP contribution in [0.15, 0.2) is 5.16 Å². The number of hydrogen-bond donors (Lipinski definition) is 1. The van der Waals surface area contributed by atoms with Crippen molar-refractivity contribution in [3.05, 3.63) is 0 Å². The van der Waals surface area contributed by atoms with Gasteiger partial charge in [0.05, 0.1) is 5.71 Å². The molecule has 1 fully saturated rings. The summed E-state index contributed by atoms with van der Waals surface area (Å²) in [7, 11) is 0. The van der Waals surface area contributed by atoms with E-state index < -0.39 is 0 Å². The first-order valence-electron chi connectivity index (χ1n) is 2.63. The Morgan fingerprint density at radius 3 is 2.00 bits per heavy atom. The molecule has 1 radical (unpaired) electrons. The Balaban J connectivity index is 0.000000490. The molecule has 8 heavy (non-hydrogen) atoms. The summed E-state index contributed by atoms with van der Waals surface area (Å²) in [6.45, 7) is 0. The van der Waals surface area contributed by atoms with Crippen LogP contribution in [0.2, 0.25) is 0 Å².